The van der Waals surface area contributed by atoms with Crippen molar-refractivity contribution >= 4 is 17.5 Å². The van der Waals surface area contributed by atoms with Gasteiger partial charge in [0.25, 0.3) is 5.91 Å². The number of halogens is 2. The molecule has 1 atom stereocenters. The maximum Gasteiger partial charge on any atom is 0.257 e. The molecule has 2 nitrogen and oxygen atoms in total. The Labute approximate surface area is 128 Å². The van der Waals surface area contributed by atoms with E-state index in [0.29, 0.717) is 11.6 Å². The Morgan fingerprint density at radius 1 is 1.24 bits per heavy atom. The molecule has 2 aromatic rings. The van der Waals surface area contributed by atoms with Crippen molar-refractivity contribution in [1.82, 2.24) is 4.90 Å². The summed E-state index contributed by atoms with van der Waals surface area (Å²) in [6.07, 6.45) is 1.75. The van der Waals surface area contributed by atoms with Gasteiger partial charge in [0.2, 0.25) is 0 Å². The molecule has 3 rings (SSSR count). The highest BCUT2D eigenvalue weighted by atomic mass is 35.5. The zero-order valence-electron chi connectivity index (χ0n) is 11.4. The number of rotatable bonds is 3. The fourth-order valence-corrected chi connectivity index (χ4v) is 2.79. The molecule has 0 aromatic heterocycles. The van der Waals surface area contributed by atoms with E-state index in [1.165, 1.54) is 23.8 Å². The van der Waals surface area contributed by atoms with E-state index in [2.05, 4.69) is 0 Å². The Hall–Kier alpha value is -1.87. The van der Waals surface area contributed by atoms with Crippen LogP contribution in [0.3, 0.4) is 0 Å². The Bertz CT molecular complexity index is 659. The van der Waals surface area contributed by atoms with Gasteiger partial charge in [-0.15, -0.1) is 0 Å². The lowest BCUT2D eigenvalue weighted by Crippen LogP contribution is -2.52. The number of nitrogens with zero attached hydrogens (tertiary/aromatic N) is 1. The zero-order chi connectivity index (χ0) is 14.8. The van der Waals surface area contributed by atoms with Crippen LogP contribution < -0.4 is 0 Å². The van der Waals surface area contributed by atoms with E-state index in [9.17, 15) is 9.18 Å². The lowest BCUT2D eigenvalue weighted by atomic mass is 9.94. The largest absolute Gasteiger partial charge is 0.335 e. The summed E-state index contributed by atoms with van der Waals surface area (Å²) in [5.74, 6) is -0.794. The van der Waals surface area contributed by atoms with E-state index in [1.54, 1.807) is 4.90 Å². The average molecular weight is 304 g/mol. The standard InChI is InChI=1S/C17H15ClFNO/c18-13-6-7-16(19)15(11-13)17(21)20-9-8-14(20)10-12-4-2-1-3-5-12/h1-7,11,14H,8-10H2. The third-order valence-corrected chi connectivity index (χ3v) is 4.11. The van der Waals surface area contributed by atoms with Gasteiger partial charge in [-0.1, -0.05) is 41.9 Å². The molecule has 1 unspecified atom stereocenters. The van der Waals surface area contributed by atoms with E-state index in [4.69, 9.17) is 11.6 Å². The highest BCUT2D eigenvalue weighted by Gasteiger charge is 2.33. The summed E-state index contributed by atoms with van der Waals surface area (Å²) in [5, 5.41) is 0.375. The first-order valence-corrected chi connectivity index (χ1v) is 7.33. The molecular formula is C17H15ClFNO. The topological polar surface area (TPSA) is 20.3 Å². The quantitative estimate of drug-likeness (QED) is 0.841. The van der Waals surface area contributed by atoms with Crippen LogP contribution in [0.2, 0.25) is 5.02 Å². The van der Waals surface area contributed by atoms with Gasteiger partial charge in [0.05, 0.1) is 5.56 Å². The molecule has 1 amide bonds. The Balaban J connectivity index is 1.75. The second-order valence-electron chi connectivity index (χ2n) is 5.25. The molecule has 108 valence electrons. The minimum atomic E-state index is -0.519. The van der Waals surface area contributed by atoms with Crippen molar-refractivity contribution in [2.45, 2.75) is 18.9 Å². The number of carbonyl (C=O) groups excluding carboxylic acids is 1. The second-order valence-corrected chi connectivity index (χ2v) is 5.69. The first kappa shape index (κ1) is 14.1. The zero-order valence-corrected chi connectivity index (χ0v) is 12.2. The van der Waals surface area contributed by atoms with Crippen molar-refractivity contribution < 1.29 is 9.18 Å². The molecule has 0 bridgehead atoms. The number of hydrogen-bond donors (Lipinski definition) is 0. The number of amides is 1. The van der Waals surface area contributed by atoms with Crippen molar-refractivity contribution in [3.05, 3.63) is 70.5 Å². The lowest BCUT2D eigenvalue weighted by Gasteiger charge is -2.41. The van der Waals surface area contributed by atoms with Crippen LogP contribution in [-0.4, -0.2) is 23.4 Å². The summed E-state index contributed by atoms with van der Waals surface area (Å²) >= 11 is 5.86. The minimum absolute atomic E-state index is 0.0558. The molecule has 1 saturated heterocycles. The van der Waals surface area contributed by atoms with Gasteiger partial charge < -0.3 is 4.90 Å². The summed E-state index contributed by atoms with van der Waals surface area (Å²) in [6.45, 7) is 0.669. The van der Waals surface area contributed by atoms with Crippen LogP contribution in [0.15, 0.2) is 48.5 Å². The van der Waals surface area contributed by atoms with Crippen molar-refractivity contribution in [3.8, 4) is 0 Å². The van der Waals surface area contributed by atoms with Gasteiger partial charge >= 0.3 is 0 Å². The summed E-state index contributed by atoms with van der Waals surface area (Å²) in [5.41, 5.74) is 1.24. The number of hydrogen-bond acceptors (Lipinski definition) is 1. The molecular weight excluding hydrogens is 289 g/mol. The predicted molar refractivity (Wildman–Crippen MR) is 81.0 cm³/mol. The van der Waals surface area contributed by atoms with E-state index >= 15 is 0 Å². The van der Waals surface area contributed by atoms with Gasteiger partial charge in [-0.3, -0.25) is 4.79 Å². The molecule has 0 aliphatic carbocycles. The molecule has 1 aliphatic heterocycles. The fourth-order valence-electron chi connectivity index (χ4n) is 2.62. The van der Waals surface area contributed by atoms with Crippen LogP contribution in [0.4, 0.5) is 4.39 Å². The van der Waals surface area contributed by atoms with E-state index in [-0.39, 0.29) is 17.5 Å². The molecule has 1 heterocycles. The first-order valence-electron chi connectivity index (χ1n) is 6.95. The number of carbonyl (C=O) groups is 1. The van der Waals surface area contributed by atoms with E-state index in [0.717, 1.165) is 12.8 Å². The number of likely N-dealkylation sites (tertiary alicyclic amines) is 1. The smallest absolute Gasteiger partial charge is 0.257 e. The van der Waals surface area contributed by atoms with Gasteiger partial charge in [0.15, 0.2) is 0 Å². The van der Waals surface area contributed by atoms with Crippen LogP contribution in [0.5, 0.6) is 0 Å². The molecule has 1 aliphatic rings. The minimum Gasteiger partial charge on any atom is -0.335 e. The number of benzene rings is 2. The highest BCUT2D eigenvalue weighted by Crippen LogP contribution is 2.26. The Kier molecular flexibility index (Phi) is 3.93. The first-order chi connectivity index (χ1) is 10.1. The van der Waals surface area contributed by atoms with Crippen LogP contribution >= 0.6 is 11.6 Å². The molecule has 21 heavy (non-hydrogen) atoms. The summed E-state index contributed by atoms with van der Waals surface area (Å²) in [4.78, 5) is 14.2. The Morgan fingerprint density at radius 2 is 2.00 bits per heavy atom. The molecule has 2 aromatic carbocycles. The van der Waals surface area contributed by atoms with Gasteiger partial charge in [-0.05, 0) is 36.6 Å². The van der Waals surface area contributed by atoms with Crippen LogP contribution in [-0.2, 0) is 6.42 Å². The Morgan fingerprint density at radius 3 is 2.67 bits per heavy atom. The fraction of sp³-hybridized carbons (Fsp3) is 0.235. The SMILES string of the molecule is O=C(c1cc(Cl)ccc1F)N1CCC1Cc1ccccc1. The molecule has 0 saturated carbocycles. The van der Waals surface area contributed by atoms with Gasteiger partial charge in [-0.2, -0.15) is 0 Å². The van der Waals surface area contributed by atoms with Crippen molar-refractivity contribution in [2.75, 3.05) is 6.54 Å². The van der Waals surface area contributed by atoms with Crippen LogP contribution in [0.1, 0.15) is 22.3 Å². The summed E-state index contributed by atoms with van der Waals surface area (Å²) in [6, 6.07) is 14.2. The van der Waals surface area contributed by atoms with Crippen LogP contribution in [0, 0.1) is 5.82 Å². The van der Waals surface area contributed by atoms with E-state index in [1.807, 2.05) is 30.3 Å². The maximum atomic E-state index is 13.8. The molecule has 1 fully saturated rings. The third-order valence-electron chi connectivity index (χ3n) is 3.88. The highest BCUT2D eigenvalue weighted by molar-refractivity contribution is 6.31. The molecule has 4 heteroatoms. The molecule has 0 radical (unpaired) electrons. The normalized spacial score (nSPS) is 17.4. The summed E-state index contributed by atoms with van der Waals surface area (Å²) in [7, 11) is 0. The van der Waals surface area contributed by atoms with Gasteiger partial charge in [0, 0.05) is 17.6 Å². The predicted octanol–water partition coefficient (Wildman–Crippen LogP) is 3.94. The maximum absolute atomic E-state index is 13.8. The molecule has 0 spiro atoms. The van der Waals surface area contributed by atoms with Gasteiger partial charge in [0.1, 0.15) is 5.82 Å². The van der Waals surface area contributed by atoms with Gasteiger partial charge in [-0.25, -0.2) is 4.39 Å². The lowest BCUT2D eigenvalue weighted by molar-refractivity contribution is 0.0460. The van der Waals surface area contributed by atoms with Crippen molar-refractivity contribution in [2.24, 2.45) is 0 Å². The van der Waals surface area contributed by atoms with E-state index < -0.39 is 5.82 Å². The monoisotopic (exact) mass is 303 g/mol. The average Bonchev–Trinajstić information content (AvgIpc) is 2.47. The van der Waals surface area contributed by atoms with Crippen molar-refractivity contribution in [3.63, 3.8) is 0 Å². The third kappa shape index (κ3) is 2.93. The summed E-state index contributed by atoms with van der Waals surface area (Å²) < 4.78 is 13.8. The molecule has 0 N–H and O–H groups in total. The second kappa shape index (κ2) is 5.86. The van der Waals surface area contributed by atoms with Crippen molar-refractivity contribution in [1.29, 1.82) is 0 Å². The van der Waals surface area contributed by atoms with Crippen LogP contribution in [0.25, 0.3) is 0 Å².